The Bertz CT molecular complexity index is 525. The van der Waals surface area contributed by atoms with E-state index in [-0.39, 0.29) is 0 Å². The summed E-state index contributed by atoms with van der Waals surface area (Å²) in [7, 11) is 2.12. The van der Waals surface area contributed by atoms with Crippen LogP contribution >= 0.6 is 0 Å². The number of hydrogen-bond acceptors (Lipinski definition) is 3. The first-order valence-corrected chi connectivity index (χ1v) is 7.45. The zero-order chi connectivity index (χ0) is 15.1. The molecular weight excluding hydrogens is 260 g/mol. The first kappa shape index (κ1) is 15.4. The summed E-state index contributed by atoms with van der Waals surface area (Å²) >= 11 is 0. The number of hydrogen-bond donors (Lipinski definition) is 2. The average Bonchev–Trinajstić information content (AvgIpc) is 2.52. The minimum absolute atomic E-state index is 0.299. The van der Waals surface area contributed by atoms with Crippen molar-refractivity contribution in [2.45, 2.75) is 19.4 Å². The third kappa shape index (κ3) is 4.80. The van der Waals surface area contributed by atoms with Gasteiger partial charge in [0.25, 0.3) is 0 Å². The molecule has 2 N–H and O–H groups in total. The lowest BCUT2D eigenvalue weighted by Gasteiger charge is -2.20. The van der Waals surface area contributed by atoms with Crippen LogP contribution in [-0.4, -0.2) is 25.2 Å². The molecule has 0 aliphatic carbocycles. The van der Waals surface area contributed by atoms with Gasteiger partial charge in [0.1, 0.15) is 5.75 Å². The molecule has 0 saturated carbocycles. The summed E-state index contributed by atoms with van der Waals surface area (Å²) in [4.78, 5) is 2.27. The van der Waals surface area contributed by atoms with Gasteiger partial charge >= 0.3 is 0 Å². The Kier molecular flexibility index (Phi) is 5.64. The third-order valence-corrected chi connectivity index (χ3v) is 3.71. The molecule has 0 radical (unpaired) electrons. The Hall–Kier alpha value is -2.00. The lowest BCUT2D eigenvalue weighted by molar-refractivity contribution is 0.474. The number of rotatable bonds is 7. The van der Waals surface area contributed by atoms with Gasteiger partial charge in [0, 0.05) is 25.3 Å². The van der Waals surface area contributed by atoms with Crippen molar-refractivity contribution in [3.63, 3.8) is 0 Å². The van der Waals surface area contributed by atoms with Crippen LogP contribution in [0.5, 0.6) is 5.75 Å². The Morgan fingerprint density at radius 3 is 2.38 bits per heavy atom. The second-order valence-corrected chi connectivity index (χ2v) is 5.38. The highest BCUT2D eigenvalue weighted by atomic mass is 16.3. The van der Waals surface area contributed by atoms with Crippen molar-refractivity contribution in [1.82, 2.24) is 5.32 Å². The standard InChI is InChI=1S/C18H24N2O/c1-15(16-9-11-18(21)12-10-16)19-13-6-14-20(2)17-7-4-3-5-8-17/h3-5,7-12,15,19,21H,6,13-14H2,1-2H3. The van der Waals surface area contributed by atoms with Crippen molar-refractivity contribution in [2.75, 3.05) is 25.0 Å². The quantitative estimate of drug-likeness (QED) is 0.763. The number of anilines is 1. The SMILES string of the molecule is CC(NCCCN(C)c1ccccc1)c1ccc(O)cc1. The maximum Gasteiger partial charge on any atom is 0.115 e. The van der Waals surface area contributed by atoms with Gasteiger partial charge in [-0.3, -0.25) is 0 Å². The first-order chi connectivity index (χ1) is 10.2. The van der Waals surface area contributed by atoms with Crippen LogP contribution in [0.25, 0.3) is 0 Å². The number of phenols is 1. The van der Waals surface area contributed by atoms with E-state index in [1.807, 2.05) is 18.2 Å². The molecule has 3 nitrogen and oxygen atoms in total. The summed E-state index contributed by atoms with van der Waals surface area (Å²) in [5.41, 5.74) is 2.45. The van der Waals surface area contributed by atoms with E-state index in [4.69, 9.17) is 0 Å². The van der Waals surface area contributed by atoms with Crippen LogP contribution in [-0.2, 0) is 0 Å². The average molecular weight is 284 g/mol. The van der Waals surface area contributed by atoms with Gasteiger partial charge in [0.15, 0.2) is 0 Å². The van der Waals surface area contributed by atoms with E-state index < -0.39 is 0 Å². The van der Waals surface area contributed by atoms with Gasteiger partial charge in [-0.15, -0.1) is 0 Å². The van der Waals surface area contributed by atoms with Crippen molar-refractivity contribution in [3.05, 3.63) is 60.2 Å². The minimum Gasteiger partial charge on any atom is -0.508 e. The monoisotopic (exact) mass is 284 g/mol. The van der Waals surface area contributed by atoms with Crippen molar-refractivity contribution in [1.29, 1.82) is 0 Å². The lowest BCUT2D eigenvalue weighted by atomic mass is 10.1. The van der Waals surface area contributed by atoms with Crippen molar-refractivity contribution in [3.8, 4) is 5.75 Å². The molecule has 2 rings (SSSR count). The fraction of sp³-hybridized carbons (Fsp3) is 0.333. The molecule has 1 atom stereocenters. The summed E-state index contributed by atoms with van der Waals surface area (Å²) in [6.45, 7) is 4.14. The van der Waals surface area contributed by atoms with Crippen molar-refractivity contribution < 1.29 is 5.11 Å². The Labute approximate surface area is 127 Å². The van der Waals surface area contributed by atoms with Gasteiger partial charge in [-0.2, -0.15) is 0 Å². The molecule has 1 unspecified atom stereocenters. The number of nitrogens with one attached hydrogen (secondary N) is 1. The Morgan fingerprint density at radius 1 is 1.05 bits per heavy atom. The highest BCUT2D eigenvalue weighted by Crippen LogP contribution is 2.16. The second-order valence-electron chi connectivity index (χ2n) is 5.38. The first-order valence-electron chi connectivity index (χ1n) is 7.45. The zero-order valence-electron chi connectivity index (χ0n) is 12.8. The van der Waals surface area contributed by atoms with Crippen LogP contribution < -0.4 is 10.2 Å². The summed E-state index contributed by atoms with van der Waals surface area (Å²) in [5.74, 6) is 0.315. The Morgan fingerprint density at radius 2 is 1.71 bits per heavy atom. The number of phenolic OH excluding ortho intramolecular Hbond substituents is 1. The molecule has 3 heteroatoms. The highest BCUT2D eigenvalue weighted by Gasteiger charge is 2.05. The highest BCUT2D eigenvalue weighted by molar-refractivity contribution is 5.44. The summed E-state index contributed by atoms with van der Waals surface area (Å²) in [6, 6.07) is 18.1. The van der Waals surface area contributed by atoms with Crippen LogP contribution in [0, 0.1) is 0 Å². The Balaban J connectivity index is 1.71. The molecule has 0 heterocycles. The fourth-order valence-electron chi connectivity index (χ4n) is 2.33. The smallest absolute Gasteiger partial charge is 0.115 e. The van der Waals surface area contributed by atoms with E-state index >= 15 is 0 Å². The fourth-order valence-corrected chi connectivity index (χ4v) is 2.33. The normalized spacial score (nSPS) is 12.1. The third-order valence-electron chi connectivity index (χ3n) is 3.71. The molecule has 0 bridgehead atoms. The lowest BCUT2D eigenvalue weighted by Crippen LogP contribution is -2.25. The summed E-state index contributed by atoms with van der Waals surface area (Å²) in [5, 5.41) is 12.8. The van der Waals surface area contributed by atoms with E-state index in [0.29, 0.717) is 11.8 Å². The van der Waals surface area contributed by atoms with E-state index in [1.165, 1.54) is 11.3 Å². The predicted octanol–water partition coefficient (Wildman–Crippen LogP) is 3.57. The van der Waals surface area contributed by atoms with Crippen LogP contribution in [0.2, 0.25) is 0 Å². The molecule has 0 aromatic heterocycles. The van der Waals surface area contributed by atoms with E-state index in [2.05, 4.69) is 48.5 Å². The largest absolute Gasteiger partial charge is 0.508 e. The van der Waals surface area contributed by atoms with Crippen LogP contribution in [0.3, 0.4) is 0 Å². The van der Waals surface area contributed by atoms with E-state index in [1.54, 1.807) is 12.1 Å². The minimum atomic E-state index is 0.299. The zero-order valence-corrected chi connectivity index (χ0v) is 12.8. The molecular formula is C18H24N2O. The second kappa shape index (κ2) is 7.70. The molecule has 21 heavy (non-hydrogen) atoms. The maximum absolute atomic E-state index is 9.30. The van der Waals surface area contributed by atoms with Crippen LogP contribution in [0.1, 0.15) is 24.9 Å². The maximum atomic E-state index is 9.30. The molecule has 0 saturated heterocycles. The van der Waals surface area contributed by atoms with Crippen molar-refractivity contribution >= 4 is 5.69 Å². The molecule has 0 aliphatic heterocycles. The summed E-state index contributed by atoms with van der Waals surface area (Å²) < 4.78 is 0. The molecule has 0 amide bonds. The topological polar surface area (TPSA) is 35.5 Å². The van der Waals surface area contributed by atoms with Crippen molar-refractivity contribution in [2.24, 2.45) is 0 Å². The van der Waals surface area contributed by atoms with Gasteiger partial charge in [-0.1, -0.05) is 30.3 Å². The van der Waals surface area contributed by atoms with E-state index in [9.17, 15) is 5.11 Å². The van der Waals surface area contributed by atoms with E-state index in [0.717, 1.165) is 19.5 Å². The summed E-state index contributed by atoms with van der Waals surface area (Å²) in [6.07, 6.45) is 1.09. The number of nitrogens with zero attached hydrogens (tertiary/aromatic N) is 1. The van der Waals surface area contributed by atoms with Gasteiger partial charge in [-0.25, -0.2) is 0 Å². The number of para-hydroxylation sites is 1. The molecule has 2 aromatic carbocycles. The molecule has 0 spiro atoms. The van der Waals surface area contributed by atoms with Gasteiger partial charge < -0.3 is 15.3 Å². The predicted molar refractivity (Wildman–Crippen MR) is 88.9 cm³/mol. The molecule has 112 valence electrons. The van der Waals surface area contributed by atoms with Gasteiger partial charge in [0.2, 0.25) is 0 Å². The van der Waals surface area contributed by atoms with Crippen LogP contribution in [0.4, 0.5) is 5.69 Å². The number of benzene rings is 2. The van der Waals surface area contributed by atoms with Gasteiger partial charge in [0.05, 0.1) is 0 Å². The number of aromatic hydroxyl groups is 1. The molecule has 0 fully saturated rings. The molecule has 0 aliphatic rings. The van der Waals surface area contributed by atoms with Gasteiger partial charge in [-0.05, 0) is 49.7 Å². The van der Waals surface area contributed by atoms with Crippen LogP contribution in [0.15, 0.2) is 54.6 Å². The molecule has 2 aromatic rings.